The van der Waals surface area contributed by atoms with E-state index in [2.05, 4.69) is 41.4 Å². The van der Waals surface area contributed by atoms with Gasteiger partial charge in [0.1, 0.15) is 21.8 Å². The van der Waals surface area contributed by atoms with Crippen LogP contribution in [0.3, 0.4) is 0 Å². The van der Waals surface area contributed by atoms with Crippen LogP contribution >= 0.6 is 34.5 Å². The Labute approximate surface area is 246 Å². The monoisotopic (exact) mass is 599 g/mol. The predicted molar refractivity (Wildman–Crippen MR) is 157 cm³/mol. The van der Waals surface area contributed by atoms with Crippen LogP contribution in [0.5, 0.6) is 0 Å². The van der Waals surface area contributed by atoms with Gasteiger partial charge in [-0.2, -0.15) is 5.10 Å². The van der Waals surface area contributed by atoms with Crippen LogP contribution < -0.4 is 0 Å². The number of hydrogen-bond acceptors (Lipinski definition) is 6. The molecular formula is C28H31Cl2N7O2S. The van der Waals surface area contributed by atoms with Crippen molar-refractivity contribution in [1.82, 2.24) is 34.6 Å². The molecule has 12 heteroatoms. The third-order valence-corrected chi connectivity index (χ3v) is 10.2. The quantitative estimate of drug-likeness (QED) is 0.293. The fourth-order valence-electron chi connectivity index (χ4n) is 5.86. The minimum Gasteiger partial charge on any atom is -0.338 e. The van der Waals surface area contributed by atoms with Crippen LogP contribution in [0.25, 0.3) is 21.3 Å². The van der Waals surface area contributed by atoms with E-state index >= 15 is 0 Å². The van der Waals surface area contributed by atoms with Gasteiger partial charge in [-0.3, -0.25) is 14.3 Å². The standard InChI is InChI=1S/C28H31Cl2N7O2S/c1-15(2)17-5-6-19-22(13-17)40-25(24(19)29)28(39)35-10-7-18(8-11-35)36-12-9-21(27(36)38)37-14-20(31-33-37)23-16(3)32-34(4)26(23)30/h5-6,13-15,18,21H,7-12H2,1-4H3. The number of piperidine rings is 1. The molecule has 2 aliphatic rings. The normalized spacial score (nSPS) is 18.6. The zero-order valence-corrected chi connectivity index (χ0v) is 25.2. The second-order valence-corrected chi connectivity index (χ2v) is 12.8. The smallest absolute Gasteiger partial charge is 0.265 e. The topological polar surface area (TPSA) is 89.2 Å². The highest BCUT2D eigenvalue weighted by Gasteiger charge is 2.39. The zero-order valence-electron chi connectivity index (χ0n) is 22.9. The molecule has 0 aliphatic carbocycles. The van der Waals surface area contributed by atoms with Crippen LogP contribution in [-0.2, 0) is 11.8 Å². The van der Waals surface area contributed by atoms with Gasteiger partial charge in [0.15, 0.2) is 0 Å². The average molecular weight is 601 g/mol. The summed E-state index contributed by atoms with van der Waals surface area (Å²) >= 11 is 14.5. The Morgan fingerprint density at radius 3 is 2.55 bits per heavy atom. The predicted octanol–water partition coefficient (Wildman–Crippen LogP) is 5.71. The number of halogens is 2. The van der Waals surface area contributed by atoms with E-state index in [1.165, 1.54) is 16.9 Å². The van der Waals surface area contributed by atoms with E-state index in [1.807, 2.05) is 22.8 Å². The van der Waals surface area contributed by atoms with Crippen molar-refractivity contribution in [2.75, 3.05) is 19.6 Å². The summed E-state index contributed by atoms with van der Waals surface area (Å²) in [5.41, 5.74) is 3.33. The minimum absolute atomic E-state index is 0.0270. The molecule has 1 atom stereocenters. The molecule has 2 saturated heterocycles. The molecule has 1 aromatic carbocycles. The maximum atomic E-state index is 13.4. The summed E-state index contributed by atoms with van der Waals surface area (Å²) in [5.74, 6) is 0.427. The number of amides is 2. The van der Waals surface area contributed by atoms with Crippen LogP contribution in [0, 0.1) is 6.92 Å². The molecule has 2 fully saturated rings. The summed E-state index contributed by atoms with van der Waals surface area (Å²) in [6, 6.07) is 5.93. The first-order chi connectivity index (χ1) is 19.1. The highest BCUT2D eigenvalue weighted by atomic mass is 35.5. The number of aromatic nitrogens is 5. The van der Waals surface area contributed by atoms with Crippen molar-refractivity contribution in [2.24, 2.45) is 7.05 Å². The van der Waals surface area contributed by atoms with Crippen molar-refractivity contribution in [3.8, 4) is 11.3 Å². The molecule has 40 heavy (non-hydrogen) atoms. The molecule has 9 nitrogen and oxygen atoms in total. The van der Waals surface area contributed by atoms with Crippen LogP contribution in [0.1, 0.15) is 66.0 Å². The fourth-order valence-corrected chi connectivity index (χ4v) is 7.66. The Balaban J connectivity index is 1.11. The molecule has 3 aromatic heterocycles. The van der Waals surface area contributed by atoms with Gasteiger partial charge in [0.05, 0.1) is 22.5 Å². The number of likely N-dealkylation sites (tertiary alicyclic amines) is 2. The van der Waals surface area contributed by atoms with Crippen molar-refractivity contribution in [2.45, 2.75) is 58.0 Å². The highest BCUT2D eigenvalue weighted by molar-refractivity contribution is 7.21. The van der Waals surface area contributed by atoms with Crippen molar-refractivity contribution in [3.63, 3.8) is 0 Å². The molecule has 2 aliphatic heterocycles. The molecule has 6 rings (SSSR count). The van der Waals surface area contributed by atoms with Gasteiger partial charge < -0.3 is 9.80 Å². The number of aryl methyl sites for hydroxylation is 2. The Morgan fingerprint density at radius 1 is 1.12 bits per heavy atom. The van der Waals surface area contributed by atoms with Gasteiger partial charge in [-0.1, -0.05) is 54.4 Å². The maximum absolute atomic E-state index is 13.4. The van der Waals surface area contributed by atoms with Crippen LogP contribution in [0.4, 0.5) is 0 Å². The van der Waals surface area contributed by atoms with Gasteiger partial charge in [-0.25, -0.2) is 4.68 Å². The van der Waals surface area contributed by atoms with E-state index < -0.39 is 6.04 Å². The average Bonchev–Trinajstić information content (AvgIpc) is 3.69. The number of hydrogen-bond donors (Lipinski definition) is 0. The van der Waals surface area contributed by atoms with E-state index in [1.54, 1.807) is 22.6 Å². The number of nitrogens with zero attached hydrogens (tertiary/aromatic N) is 7. The van der Waals surface area contributed by atoms with E-state index in [0.717, 1.165) is 34.2 Å². The minimum atomic E-state index is -0.398. The number of fused-ring (bicyclic) bond motifs is 1. The summed E-state index contributed by atoms with van der Waals surface area (Å²) in [7, 11) is 1.78. The molecule has 0 N–H and O–H groups in total. The lowest BCUT2D eigenvalue weighted by Crippen LogP contribution is -2.47. The molecule has 0 spiro atoms. The molecule has 210 valence electrons. The van der Waals surface area contributed by atoms with E-state index in [-0.39, 0.29) is 17.9 Å². The number of carbonyl (C=O) groups excluding carboxylic acids is 2. The van der Waals surface area contributed by atoms with Gasteiger partial charge in [0.25, 0.3) is 5.91 Å². The van der Waals surface area contributed by atoms with Crippen molar-refractivity contribution in [3.05, 3.63) is 50.7 Å². The lowest BCUT2D eigenvalue weighted by atomic mass is 10.0. The molecule has 5 heterocycles. The van der Waals surface area contributed by atoms with Crippen LogP contribution in [0.15, 0.2) is 24.4 Å². The van der Waals surface area contributed by atoms with Crippen molar-refractivity contribution >= 4 is 56.4 Å². The number of carbonyl (C=O) groups is 2. The summed E-state index contributed by atoms with van der Waals surface area (Å²) in [5, 5.41) is 14.8. The summed E-state index contributed by atoms with van der Waals surface area (Å²) in [4.78, 5) is 31.3. The third kappa shape index (κ3) is 4.59. The molecule has 1 unspecified atom stereocenters. The zero-order chi connectivity index (χ0) is 28.3. The van der Waals surface area contributed by atoms with Gasteiger partial charge in [0.2, 0.25) is 5.91 Å². The van der Waals surface area contributed by atoms with Crippen LogP contribution in [-0.4, -0.2) is 72.1 Å². The molecule has 4 aromatic rings. The lowest BCUT2D eigenvalue weighted by Gasteiger charge is -2.36. The summed E-state index contributed by atoms with van der Waals surface area (Å²) in [6.45, 7) is 8.02. The molecular weight excluding hydrogens is 569 g/mol. The molecule has 2 amide bonds. The third-order valence-electron chi connectivity index (χ3n) is 8.16. The van der Waals surface area contributed by atoms with Gasteiger partial charge >= 0.3 is 0 Å². The highest BCUT2D eigenvalue weighted by Crippen LogP contribution is 2.38. The molecule has 0 bridgehead atoms. The first-order valence-electron chi connectivity index (χ1n) is 13.6. The number of thiophene rings is 1. The molecule has 0 radical (unpaired) electrons. The van der Waals surface area contributed by atoms with E-state index in [0.29, 0.717) is 52.7 Å². The second kappa shape index (κ2) is 10.5. The van der Waals surface area contributed by atoms with E-state index in [4.69, 9.17) is 23.2 Å². The Hall–Kier alpha value is -2.95. The second-order valence-electron chi connectivity index (χ2n) is 11.0. The first kappa shape index (κ1) is 27.2. The Kier molecular flexibility index (Phi) is 7.13. The van der Waals surface area contributed by atoms with Crippen molar-refractivity contribution < 1.29 is 9.59 Å². The van der Waals surface area contributed by atoms with E-state index in [9.17, 15) is 9.59 Å². The lowest BCUT2D eigenvalue weighted by molar-refractivity contribution is -0.133. The largest absolute Gasteiger partial charge is 0.338 e. The number of benzene rings is 1. The molecule has 0 saturated carbocycles. The first-order valence-corrected chi connectivity index (χ1v) is 15.1. The summed E-state index contributed by atoms with van der Waals surface area (Å²) in [6.07, 6.45) is 3.91. The van der Waals surface area contributed by atoms with Gasteiger partial charge in [0, 0.05) is 42.8 Å². The Bertz CT molecular complexity index is 1620. The maximum Gasteiger partial charge on any atom is 0.265 e. The van der Waals surface area contributed by atoms with Crippen molar-refractivity contribution in [1.29, 1.82) is 0 Å². The van der Waals surface area contributed by atoms with Gasteiger partial charge in [-0.05, 0) is 43.7 Å². The SMILES string of the molecule is Cc1nn(C)c(Cl)c1-c1cn(C2CCN(C3CCN(C(=O)c4sc5cc(C(C)C)ccc5c4Cl)CC3)C2=O)nn1. The Morgan fingerprint density at radius 2 is 1.88 bits per heavy atom. The summed E-state index contributed by atoms with van der Waals surface area (Å²) < 4.78 is 4.29. The van der Waals surface area contributed by atoms with Gasteiger partial charge in [-0.15, -0.1) is 16.4 Å². The number of rotatable bonds is 5. The fraction of sp³-hybridized carbons (Fsp3) is 0.464. The van der Waals surface area contributed by atoms with Crippen LogP contribution in [0.2, 0.25) is 10.2 Å².